The van der Waals surface area contributed by atoms with E-state index in [-0.39, 0.29) is 12.0 Å². The van der Waals surface area contributed by atoms with E-state index in [4.69, 9.17) is 4.74 Å². The quantitative estimate of drug-likeness (QED) is 0.641. The van der Waals surface area contributed by atoms with E-state index < -0.39 is 0 Å². The molecule has 1 fully saturated rings. The highest BCUT2D eigenvalue weighted by atomic mass is 32.1. The van der Waals surface area contributed by atoms with Gasteiger partial charge in [0.05, 0.1) is 16.8 Å². The molecule has 1 saturated heterocycles. The lowest BCUT2D eigenvalue weighted by Gasteiger charge is -2.34. The smallest absolute Gasteiger partial charge is 0.409 e. The number of thiophene rings is 1. The van der Waals surface area contributed by atoms with Crippen molar-refractivity contribution in [2.24, 2.45) is 0 Å². The fraction of sp³-hybridized carbons (Fsp3) is 0.364. The third kappa shape index (κ3) is 4.15. The molecule has 4 rings (SSSR count). The number of fused-ring (bicyclic) bond motifs is 1. The summed E-state index contributed by atoms with van der Waals surface area (Å²) in [5, 5.41) is 2.07. The molecule has 2 amide bonds. The number of hydrogen-bond acceptors (Lipinski definition) is 4. The second-order valence-corrected chi connectivity index (χ2v) is 8.01. The van der Waals surface area contributed by atoms with Gasteiger partial charge in [0.1, 0.15) is 5.69 Å². The van der Waals surface area contributed by atoms with Gasteiger partial charge in [-0.3, -0.25) is 4.79 Å². The summed E-state index contributed by atoms with van der Waals surface area (Å²) in [5.74, 6) is 0.0324. The highest BCUT2D eigenvalue weighted by Gasteiger charge is 2.27. The Bertz CT molecular complexity index is 987. The number of nitrogens with zero attached hydrogens (tertiary/aromatic N) is 3. The highest BCUT2D eigenvalue weighted by molar-refractivity contribution is 7.17. The van der Waals surface area contributed by atoms with Gasteiger partial charge in [-0.15, -0.1) is 11.3 Å². The van der Waals surface area contributed by atoms with Crippen molar-refractivity contribution in [2.45, 2.75) is 19.9 Å². The first kappa shape index (κ1) is 19.5. The van der Waals surface area contributed by atoms with E-state index >= 15 is 0 Å². The van der Waals surface area contributed by atoms with Crippen molar-refractivity contribution >= 4 is 33.6 Å². The van der Waals surface area contributed by atoms with Crippen molar-refractivity contribution in [1.82, 2.24) is 14.4 Å². The summed E-state index contributed by atoms with van der Waals surface area (Å²) in [6, 6.07) is 14.4. The molecule has 0 radical (unpaired) electrons. The Morgan fingerprint density at radius 1 is 1.03 bits per heavy atom. The van der Waals surface area contributed by atoms with Crippen LogP contribution in [0.3, 0.4) is 0 Å². The zero-order valence-corrected chi connectivity index (χ0v) is 17.4. The van der Waals surface area contributed by atoms with E-state index in [2.05, 4.69) is 28.1 Å². The monoisotopic (exact) mass is 411 g/mol. The van der Waals surface area contributed by atoms with E-state index in [0.717, 1.165) is 28.9 Å². The molecule has 7 heteroatoms. The van der Waals surface area contributed by atoms with Gasteiger partial charge in [0.2, 0.25) is 0 Å². The Morgan fingerprint density at radius 2 is 1.76 bits per heavy atom. The van der Waals surface area contributed by atoms with Gasteiger partial charge in [-0.1, -0.05) is 30.3 Å². The second-order valence-electron chi connectivity index (χ2n) is 7.07. The van der Waals surface area contributed by atoms with Crippen LogP contribution in [0.25, 0.3) is 10.2 Å². The van der Waals surface area contributed by atoms with Crippen molar-refractivity contribution in [3.8, 4) is 0 Å². The van der Waals surface area contributed by atoms with Crippen molar-refractivity contribution in [2.75, 3.05) is 32.8 Å². The molecular weight excluding hydrogens is 386 g/mol. The van der Waals surface area contributed by atoms with Crippen molar-refractivity contribution in [3.05, 3.63) is 59.1 Å². The third-order valence-electron chi connectivity index (χ3n) is 5.30. The predicted octanol–water partition coefficient (Wildman–Crippen LogP) is 3.86. The van der Waals surface area contributed by atoms with Crippen LogP contribution < -0.4 is 0 Å². The topological polar surface area (TPSA) is 54.8 Å². The molecule has 2 aromatic heterocycles. The molecule has 1 aliphatic heterocycles. The third-order valence-corrected chi connectivity index (χ3v) is 6.15. The van der Waals surface area contributed by atoms with Gasteiger partial charge in [-0.2, -0.15) is 0 Å². The molecule has 0 aliphatic carbocycles. The maximum Gasteiger partial charge on any atom is 0.409 e. The summed E-state index contributed by atoms with van der Waals surface area (Å²) in [5.41, 5.74) is 3.10. The number of hydrogen-bond donors (Lipinski definition) is 0. The lowest BCUT2D eigenvalue weighted by atomic mass is 10.1. The van der Waals surface area contributed by atoms with Crippen LogP contribution in [0.15, 0.2) is 47.8 Å². The molecule has 1 aromatic carbocycles. The van der Waals surface area contributed by atoms with Crippen molar-refractivity contribution < 1.29 is 14.3 Å². The number of rotatable bonds is 5. The van der Waals surface area contributed by atoms with Gasteiger partial charge in [0.15, 0.2) is 0 Å². The number of piperazine rings is 1. The zero-order valence-electron chi connectivity index (χ0n) is 16.5. The van der Waals surface area contributed by atoms with Gasteiger partial charge in [-0.25, -0.2) is 4.79 Å². The summed E-state index contributed by atoms with van der Waals surface area (Å²) >= 11 is 1.66. The Labute approximate surface area is 174 Å². The second kappa shape index (κ2) is 8.69. The molecule has 6 nitrogen and oxygen atoms in total. The molecule has 0 bridgehead atoms. The minimum absolute atomic E-state index is 0.0324. The molecule has 29 heavy (non-hydrogen) atoms. The maximum atomic E-state index is 13.3. The number of ether oxygens (including phenoxy) is 1. The highest BCUT2D eigenvalue weighted by Crippen LogP contribution is 2.27. The van der Waals surface area contributed by atoms with Gasteiger partial charge < -0.3 is 19.1 Å². The first-order chi connectivity index (χ1) is 14.2. The fourth-order valence-corrected chi connectivity index (χ4v) is 4.57. The predicted molar refractivity (Wildman–Crippen MR) is 114 cm³/mol. The van der Waals surface area contributed by atoms with Gasteiger partial charge >= 0.3 is 6.09 Å². The van der Waals surface area contributed by atoms with E-state index in [0.29, 0.717) is 32.8 Å². The number of aromatic nitrogens is 1. The molecule has 3 aromatic rings. The van der Waals surface area contributed by atoms with Gasteiger partial charge in [0, 0.05) is 32.7 Å². The summed E-state index contributed by atoms with van der Waals surface area (Å²) in [6.45, 7) is 4.97. The van der Waals surface area contributed by atoms with Crippen LogP contribution in [-0.4, -0.2) is 59.2 Å². The summed E-state index contributed by atoms with van der Waals surface area (Å²) in [6.07, 6.45) is 0.573. The first-order valence-corrected chi connectivity index (χ1v) is 10.9. The summed E-state index contributed by atoms with van der Waals surface area (Å²) in [4.78, 5) is 28.7. The average Bonchev–Trinajstić information content (AvgIpc) is 3.34. The molecule has 0 atom stereocenters. The normalized spacial score (nSPS) is 14.4. The Balaban J connectivity index is 1.49. The standard InChI is InChI=1S/C22H25N3O3S/c1-2-28-22(27)24-13-11-23(12-14-24)21(26)19-16-20-18(9-15-29-20)25(19)10-8-17-6-4-3-5-7-17/h3-7,9,15-16H,2,8,10-14H2,1H3. The number of aryl methyl sites for hydroxylation is 2. The van der Waals surface area contributed by atoms with Crippen LogP contribution in [0.1, 0.15) is 23.0 Å². The molecular formula is C22H25N3O3S. The maximum absolute atomic E-state index is 13.3. The fourth-order valence-electron chi connectivity index (χ4n) is 3.75. The molecule has 0 unspecified atom stereocenters. The molecule has 1 aliphatic rings. The van der Waals surface area contributed by atoms with Crippen LogP contribution in [-0.2, 0) is 17.7 Å². The minimum atomic E-state index is -0.300. The molecule has 0 N–H and O–H groups in total. The van der Waals surface area contributed by atoms with Crippen LogP contribution in [0.4, 0.5) is 4.79 Å². The van der Waals surface area contributed by atoms with Crippen LogP contribution >= 0.6 is 11.3 Å². The molecule has 3 heterocycles. The number of carbonyl (C=O) groups excluding carboxylic acids is 2. The van der Waals surface area contributed by atoms with Crippen LogP contribution in [0, 0.1) is 0 Å². The summed E-state index contributed by atoms with van der Waals surface area (Å²) in [7, 11) is 0. The van der Waals surface area contributed by atoms with Gasteiger partial charge in [0.25, 0.3) is 5.91 Å². The van der Waals surface area contributed by atoms with Crippen molar-refractivity contribution in [1.29, 1.82) is 0 Å². The van der Waals surface area contributed by atoms with Crippen molar-refractivity contribution in [3.63, 3.8) is 0 Å². The van der Waals surface area contributed by atoms with Crippen LogP contribution in [0.5, 0.6) is 0 Å². The Hall–Kier alpha value is -2.80. The van der Waals surface area contributed by atoms with E-state index in [1.807, 2.05) is 29.2 Å². The molecule has 0 saturated carbocycles. The number of carbonyl (C=O) groups is 2. The first-order valence-electron chi connectivity index (χ1n) is 9.99. The van der Waals surface area contributed by atoms with E-state index in [9.17, 15) is 9.59 Å². The summed E-state index contributed by atoms with van der Waals surface area (Å²) < 4.78 is 8.33. The average molecular weight is 412 g/mol. The Kier molecular flexibility index (Phi) is 5.85. The molecule has 0 spiro atoms. The lowest BCUT2D eigenvalue weighted by Crippen LogP contribution is -2.51. The van der Waals surface area contributed by atoms with Gasteiger partial charge in [-0.05, 0) is 36.4 Å². The van der Waals surface area contributed by atoms with E-state index in [1.165, 1.54) is 5.56 Å². The number of benzene rings is 1. The van der Waals surface area contributed by atoms with Crippen LogP contribution in [0.2, 0.25) is 0 Å². The molecule has 152 valence electrons. The van der Waals surface area contributed by atoms with E-state index in [1.54, 1.807) is 23.2 Å². The Morgan fingerprint density at radius 3 is 2.48 bits per heavy atom. The zero-order chi connectivity index (χ0) is 20.2. The largest absolute Gasteiger partial charge is 0.450 e. The minimum Gasteiger partial charge on any atom is -0.450 e. The SMILES string of the molecule is CCOC(=O)N1CCN(C(=O)c2cc3sccc3n2CCc2ccccc2)CC1. The lowest BCUT2D eigenvalue weighted by molar-refractivity contribution is 0.0562. The number of amides is 2.